The molecule has 7 heteroatoms. The van der Waals surface area contributed by atoms with Gasteiger partial charge in [-0.3, -0.25) is 4.79 Å². The second-order valence-corrected chi connectivity index (χ2v) is 6.87. The number of hydrogen-bond donors (Lipinski definition) is 1. The minimum atomic E-state index is -0.957. The van der Waals surface area contributed by atoms with E-state index in [1.54, 1.807) is 12.1 Å². The van der Waals surface area contributed by atoms with Gasteiger partial charge in [-0.05, 0) is 56.2 Å². The van der Waals surface area contributed by atoms with Crippen LogP contribution in [0.2, 0.25) is 5.02 Å². The molecule has 0 radical (unpaired) electrons. The summed E-state index contributed by atoms with van der Waals surface area (Å²) in [6.45, 7) is 5.38. The lowest BCUT2D eigenvalue weighted by molar-refractivity contribution is -0.148. The first-order valence-corrected chi connectivity index (χ1v) is 9.31. The molecule has 2 rings (SSSR count). The summed E-state index contributed by atoms with van der Waals surface area (Å²) >= 11 is 6.15. The van der Waals surface area contributed by atoms with E-state index in [1.807, 2.05) is 32.0 Å². The zero-order valence-corrected chi connectivity index (χ0v) is 17.8. The molecule has 1 atom stereocenters. The molecule has 0 unspecified atom stereocenters. The maximum atomic E-state index is 12.3. The smallest absolute Gasteiger partial charge is 0.331 e. The normalized spacial score (nSPS) is 11.8. The van der Waals surface area contributed by atoms with Crippen LogP contribution >= 0.6 is 11.6 Å². The maximum absolute atomic E-state index is 12.3. The fraction of sp³-hybridized carbons (Fsp3) is 0.273. The van der Waals surface area contributed by atoms with Crippen LogP contribution in [0.25, 0.3) is 6.08 Å². The number of ether oxygens (including phenoxy) is 3. The van der Waals surface area contributed by atoms with Crippen LogP contribution in [0.5, 0.6) is 11.5 Å². The minimum absolute atomic E-state index is 0.348. The van der Waals surface area contributed by atoms with Crippen molar-refractivity contribution in [2.24, 2.45) is 0 Å². The van der Waals surface area contributed by atoms with Crippen LogP contribution in [0.1, 0.15) is 23.6 Å². The van der Waals surface area contributed by atoms with Gasteiger partial charge in [0.2, 0.25) is 0 Å². The number of anilines is 1. The molecule has 2 aromatic rings. The molecule has 1 amide bonds. The average molecular weight is 418 g/mol. The first-order chi connectivity index (χ1) is 13.7. The molecule has 0 fully saturated rings. The average Bonchev–Trinajstić information content (AvgIpc) is 2.67. The fourth-order valence-electron chi connectivity index (χ4n) is 2.65. The van der Waals surface area contributed by atoms with Crippen molar-refractivity contribution in [3.8, 4) is 11.5 Å². The Morgan fingerprint density at radius 3 is 2.45 bits per heavy atom. The number of rotatable bonds is 7. The Morgan fingerprint density at radius 1 is 1.10 bits per heavy atom. The van der Waals surface area contributed by atoms with Crippen LogP contribution in [0.15, 0.2) is 36.4 Å². The van der Waals surface area contributed by atoms with Gasteiger partial charge in [0, 0.05) is 11.8 Å². The largest absolute Gasteiger partial charge is 0.493 e. The van der Waals surface area contributed by atoms with Crippen molar-refractivity contribution < 1.29 is 23.8 Å². The maximum Gasteiger partial charge on any atom is 0.331 e. The zero-order chi connectivity index (χ0) is 21.6. The Morgan fingerprint density at radius 2 is 1.83 bits per heavy atom. The third kappa shape index (κ3) is 5.99. The number of nitrogens with one attached hydrogen (secondary N) is 1. The molecule has 0 aliphatic heterocycles. The molecule has 0 saturated heterocycles. The Hall–Kier alpha value is -2.99. The van der Waals surface area contributed by atoms with Crippen LogP contribution in [-0.4, -0.2) is 32.2 Å². The number of halogens is 1. The summed E-state index contributed by atoms with van der Waals surface area (Å²) in [4.78, 5) is 24.4. The summed E-state index contributed by atoms with van der Waals surface area (Å²) in [6.07, 6.45) is 1.78. The van der Waals surface area contributed by atoms with E-state index in [-0.39, 0.29) is 0 Å². The lowest BCUT2D eigenvalue weighted by Gasteiger charge is -2.14. The molecule has 0 bridgehead atoms. The van der Waals surface area contributed by atoms with Gasteiger partial charge in [-0.15, -0.1) is 0 Å². The summed E-state index contributed by atoms with van der Waals surface area (Å²) in [7, 11) is 2.98. The third-order valence-corrected chi connectivity index (χ3v) is 4.45. The summed E-state index contributed by atoms with van der Waals surface area (Å²) in [6, 6.07) is 8.98. The number of amides is 1. The molecule has 0 aliphatic rings. The third-order valence-electron chi connectivity index (χ3n) is 4.17. The van der Waals surface area contributed by atoms with E-state index >= 15 is 0 Å². The molecular weight excluding hydrogens is 394 g/mol. The monoisotopic (exact) mass is 417 g/mol. The van der Waals surface area contributed by atoms with Crippen molar-refractivity contribution >= 4 is 35.2 Å². The van der Waals surface area contributed by atoms with Gasteiger partial charge in [0.15, 0.2) is 17.6 Å². The van der Waals surface area contributed by atoms with Gasteiger partial charge < -0.3 is 19.5 Å². The SMILES string of the molecule is COc1cc(/C=C/C(=O)O[C@H](C)C(=O)Nc2ccc(C)cc2C)cc(Cl)c1OC. The molecular formula is C22H24ClNO5. The lowest BCUT2D eigenvalue weighted by atomic mass is 10.1. The van der Waals surface area contributed by atoms with E-state index < -0.39 is 18.0 Å². The van der Waals surface area contributed by atoms with Crippen molar-refractivity contribution in [3.05, 3.63) is 58.1 Å². The van der Waals surface area contributed by atoms with Gasteiger partial charge in [0.1, 0.15) is 0 Å². The van der Waals surface area contributed by atoms with Crippen molar-refractivity contribution in [1.82, 2.24) is 0 Å². The Bertz CT molecular complexity index is 939. The second-order valence-electron chi connectivity index (χ2n) is 6.46. The first kappa shape index (κ1) is 22.3. The van der Waals surface area contributed by atoms with E-state index in [2.05, 4.69) is 5.32 Å². The number of benzene rings is 2. The van der Waals surface area contributed by atoms with Crippen molar-refractivity contribution in [1.29, 1.82) is 0 Å². The number of methoxy groups -OCH3 is 2. The molecule has 0 spiro atoms. The zero-order valence-electron chi connectivity index (χ0n) is 17.0. The van der Waals surface area contributed by atoms with E-state index in [0.717, 1.165) is 11.1 Å². The highest BCUT2D eigenvalue weighted by Gasteiger charge is 2.17. The summed E-state index contributed by atoms with van der Waals surface area (Å²) < 4.78 is 15.6. The standard InChI is InChI=1S/C22H24ClNO5/c1-13-6-8-18(14(2)10-13)24-22(26)15(3)29-20(25)9-7-16-11-17(23)21(28-5)19(12-16)27-4/h6-12,15H,1-5H3,(H,24,26)/b9-7+/t15-/m1/s1. The van der Waals surface area contributed by atoms with Crippen molar-refractivity contribution in [2.45, 2.75) is 26.9 Å². The predicted molar refractivity (Wildman–Crippen MR) is 114 cm³/mol. The number of carbonyl (C=O) groups is 2. The van der Waals surface area contributed by atoms with Gasteiger partial charge in [0.05, 0.1) is 19.2 Å². The van der Waals surface area contributed by atoms with Crippen molar-refractivity contribution in [3.63, 3.8) is 0 Å². The quantitative estimate of drug-likeness (QED) is 0.528. The van der Waals surface area contributed by atoms with Crippen molar-refractivity contribution in [2.75, 3.05) is 19.5 Å². The van der Waals surface area contributed by atoms with E-state index in [1.165, 1.54) is 33.3 Å². The van der Waals surface area contributed by atoms with Crippen LogP contribution in [0.3, 0.4) is 0 Å². The summed E-state index contributed by atoms with van der Waals surface area (Å²) in [5.74, 6) is -0.216. The molecule has 1 N–H and O–H groups in total. The Kier molecular flexibility index (Phi) is 7.67. The van der Waals surface area contributed by atoms with Gasteiger partial charge >= 0.3 is 5.97 Å². The molecule has 29 heavy (non-hydrogen) atoms. The van der Waals surface area contributed by atoms with Gasteiger partial charge in [-0.2, -0.15) is 0 Å². The van der Waals surface area contributed by atoms with Crippen LogP contribution in [0.4, 0.5) is 5.69 Å². The number of hydrogen-bond acceptors (Lipinski definition) is 5. The first-order valence-electron chi connectivity index (χ1n) is 8.93. The Balaban J connectivity index is 2.00. The number of aryl methyl sites for hydroxylation is 2. The highest BCUT2D eigenvalue weighted by atomic mass is 35.5. The number of esters is 1. The molecule has 0 aromatic heterocycles. The highest BCUT2D eigenvalue weighted by Crippen LogP contribution is 2.36. The predicted octanol–water partition coefficient (Wildman–Crippen LogP) is 4.56. The summed E-state index contributed by atoms with van der Waals surface area (Å²) in [5, 5.41) is 3.11. The molecule has 0 saturated carbocycles. The van der Waals surface area contributed by atoms with Crippen LogP contribution < -0.4 is 14.8 Å². The molecule has 0 aliphatic carbocycles. The van der Waals surface area contributed by atoms with Gasteiger partial charge in [-0.1, -0.05) is 29.3 Å². The Labute approximate surface area is 175 Å². The topological polar surface area (TPSA) is 73.9 Å². The fourth-order valence-corrected chi connectivity index (χ4v) is 2.95. The number of carbonyl (C=O) groups excluding carboxylic acids is 2. The van der Waals surface area contributed by atoms with E-state index in [4.69, 9.17) is 25.8 Å². The van der Waals surface area contributed by atoms with Gasteiger partial charge in [0.25, 0.3) is 5.91 Å². The lowest BCUT2D eigenvalue weighted by Crippen LogP contribution is -2.29. The van der Waals surface area contributed by atoms with Crippen LogP contribution in [0, 0.1) is 13.8 Å². The van der Waals surface area contributed by atoms with E-state index in [9.17, 15) is 9.59 Å². The molecule has 2 aromatic carbocycles. The summed E-state index contributed by atoms with van der Waals surface area (Å²) in [5.41, 5.74) is 3.33. The molecule has 6 nitrogen and oxygen atoms in total. The molecule has 154 valence electrons. The van der Waals surface area contributed by atoms with Crippen LogP contribution in [-0.2, 0) is 14.3 Å². The van der Waals surface area contributed by atoms with Gasteiger partial charge in [-0.25, -0.2) is 4.79 Å². The molecule has 0 heterocycles. The second kappa shape index (κ2) is 9.98. The van der Waals surface area contributed by atoms with E-state index in [0.29, 0.717) is 27.8 Å². The highest BCUT2D eigenvalue weighted by molar-refractivity contribution is 6.32. The minimum Gasteiger partial charge on any atom is -0.493 e.